The maximum absolute atomic E-state index is 12.8. The number of ether oxygens (including phenoxy) is 2. The minimum atomic E-state index is -0.513. The lowest BCUT2D eigenvalue weighted by atomic mass is 9.99. The molecule has 1 N–H and O–H groups in total. The van der Waals surface area contributed by atoms with E-state index < -0.39 is 12.3 Å². The Morgan fingerprint density at radius 1 is 1.24 bits per heavy atom. The molecule has 0 saturated heterocycles. The second-order valence-electron chi connectivity index (χ2n) is 7.65. The Bertz CT molecular complexity index is 1170. The van der Waals surface area contributed by atoms with E-state index in [1.54, 1.807) is 11.3 Å². The summed E-state index contributed by atoms with van der Waals surface area (Å²) in [5, 5.41) is 15.4. The molecule has 3 heterocycles. The number of thiophene rings is 1. The van der Waals surface area contributed by atoms with Crippen LogP contribution in [0.5, 0.6) is 0 Å². The number of hydrogen-bond donors (Lipinski definition) is 1. The smallest absolute Gasteiger partial charge is 0.222 e. The van der Waals surface area contributed by atoms with Gasteiger partial charge in [0.2, 0.25) is 5.91 Å². The Morgan fingerprint density at radius 2 is 1.97 bits per heavy atom. The number of aryl methyl sites for hydroxylation is 2. The molecule has 33 heavy (non-hydrogen) atoms. The number of aliphatic imine (C=N–C) groups is 1. The second kappa shape index (κ2) is 10.1. The third kappa shape index (κ3) is 4.72. The Kier molecular flexibility index (Phi) is 7.23. The highest BCUT2D eigenvalue weighted by atomic mass is 35.5. The zero-order chi connectivity index (χ0) is 23.5. The third-order valence-corrected chi connectivity index (χ3v) is 6.85. The van der Waals surface area contributed by atoms with Crippen molar-refractivity contribution in [1.82, 2.24) is 20.1 Å². The summed E-state index contributed by atoms with van der Waals surface area (Å²) in [5.74, 6) is 1.23. The molecule has 3 aromatic rings. The number of benzene rings is 1. The van der Waals surface area contributed by atoms with Crippen LogP contribution in [0.15, 0.2) is 34.6 Å². The lowest BCUT2D eigenvalue weighted by Gasteiger charge is -2.16. The van der Waals surface area contributed by atoms with Crippen molar-refractivity contribution in [2.45, 2.75) is 39.0 Å². The topological polar surface area (TPSA) is 90.6 Å². The Hall–Kier alpha value is -2.59. The summed E-state index contributed by atoms with van der Waals surface area (Å²) in [6, 6.07) is 7.11. The Morgan fingerprint density at radius 3 is 2.64 bits per heavy atom. The summed E-state index contributed by atoms with van der Waals surface area (Å²) < 4.78 is 12.3. The van der Waals surface area contributed by atoms with Crippen LogP contribution in [0, 0.1) is 6.92 Å². The summed E-state index contributed by atoms with van der Waals surface area (Å²) in [6.07, 6.45) is 0.461. The molecule has 1 atom stereocenters. The molecule has 1 aliphatic heterocycles. The molecule has 1 amide bonds. The van der Waals surface area contributed by atoms with Gasteiger partial charge in [-0.1, -0.05) is 30.7 Å². The summed E-state index contributed by atoms with van der Waals surface area (Å²) in [4.78, 5) is 17.9. The first-order valence-corrected chi connectivity index (χ1v) is 11.9. The van der Waals surface area contributed by atoms with Gasteiger partial charge in [-0.2, -0.15) is 0 Å². The molecule has 1 aliphatic rings. The Balaban J connectivity index is 1.78. The van der Waals surface area contributed by atoms with E-state index >= 15 is 0 Å². The molecule has 0 bridgehead atoms. The predicted molar refractivity (Wildman–Crippen MR) is 129 cm³/mol. The molecule has 0 radical (unpaired) electrons. The standard InChI is InChI=1S/C23H26ClN5O3S/c1-5-14-12-33-23-20(14)21(15-6-8-16(24)9-7-15)26-17(22-28-27-13(2)29(22)23)10-18(30)25-11-19(31-3)32-4/h6-9,12,17,19H,5,10-11H2,1-4H3,(H,25,30)/t17-/m0/s1. The van der Waals surface area contributed by atoms with Crippen LogP contribution in [-0.4, -0.2) is 53.4 Å². The van der Waals surface area contributed by atoms with Crippen molar-refractivity contribution in [1.29, 1.82) is 0 Å². The number of nitrogens with zero attached hydrogens (tertiary/aromatic N) is 4. The Labute approximate surface area is 201 Å². The number of carbonyl (C=O) groups excluding carboxylic acids is 1. The minimum Gasteiger partial charge on any atom is -0.354 e. The quantitative estimate of drug-likeness (QED) is 0.487. The van der Waals surface area contributed by atoms with Crippen molar-refractivity contribution < 1.29 is 14.3 Å². The monoisotopic (exact) mass is 487 g/mol. The third-order valence-electron chi connectivity index (χ3n) is 5.59. The van der Waals surface area contributed by atoms with E-state index in [1.807, 2.05) is 35.8 Å². The zero-order valence-corrected chi connectivity index (χ0v) is 20.5. The highest BCUT2D eigenvalue weighted by Gasteiger charge is 2.32. The summed E-state index contributed by atoms with van der Waals surface area (Å²) in [6.45, 7) is 4.28. The number of methoxy groups -OCH3 is 2. The normalized spacial score (nSPS) is 15.1. The van der Waals surface area contributed by atoms with Gasteiger partial charge in [0.15, 0.2) is 12.1 Å². The number of rotatable bonds is 8. The summed E-state index contributed by atoms with van der Waals surface area (Å²) >= 11 is 7.78. The van der Waals surface area contributed by atoms with Gasteiger partial charge in [0, 0.05) is 30.4 Å². The number of carbonyl (C=O) groups is 1. The van der Waals surface area contributed by atoms with E-state index in [1.165, 1.54) is 19.8 Å². The molecule has 0 fully saturated rings. The fourth-order valence-electron chi connectivity index (χ4n) is 3.86. The zero-order valence-electron chi connectivity index (χ0n) is 19.0. The molecule has 1 aromatic carbocycles. The lowest BCUT2D eigenvalue weighted by Crippen LogP contribution is -2.34. The summed E-state index contributed by atoms with van der Waals surface area (Å²) in [7, 11) is 3.06. The van der Waals surface area contributed by atoms with Crippen molar-refractivity contribution in [2.75, 3.05) is 20.8 Å². The molecule has 2 aromatic heterocycles. The molecule has 0 unspecified atom stereocenters. The molecule has 174 valence electrons. The second-order valence-corrected chi connectivity index (χ2v) is 8.94. The van der Waals surface area contributed by atoms with Gasteiger partial charge in [-0.3, -0.25) is 14.4 Å². The predicted octanol–water partition coefficient (Wildman–Crippen LogP) is 3.87. The van der Waals surface area contributed by atoms with Crippen molar-refractivity contribution >= 4 is 34.6 Å². The van der Waals surface area contributed by atoms with E-state index in [4.69, 9.17) is 26.1 Å². The van der Waals surface area contributed by atoms with E-state index in [0.29, 0.717) is 10.8 Å². The van der Waals surface area contributed by atoms with E-state index in [-0.39, 0.29) is 18.9 Å². The largest absolute Gasteiger partial charge is 0.354 e. The van der Waals surface area contributed by atoms with Crippen LogP contribution in [0.3, 0.4) is 0 Å². The van der Waals surface area contributed by atoms with Gasteiger partial charge in [-0.15, -0.1) is 21.5 Å². The van der Waals surface area contributed by atoms with Gasteiger partial charge < -0.3 is 14.8 Å². The maximum atomic E-state index is 12.8. The number of hydrogen-bond acceptors (Lipinski definition) is 7. The molecule has 0 saturated carbocycles. The number of halogens is 1. The average Bonchev–Trinajstić information content (AvgIpc) is 3.37. The molecule has 10 heteroatoms. The average molecular weight is 488 g/mol. The van der Waals surface area contributed by atoms with Crippen LogP contribution < -0.4 is 5.32 Å². The van der Waals surface area contributed by atoms with Gasteiger partial charge in [0.1, 0.15) is 16.9 Å². The van der Waals surface area contributed by atoms with Crippen molar-refractivity contribution in [2.24, 2.45) is 4.99 Å². The maximum Gasteiger partial charge on any atom is 0.222 e. The van der Waals surface area contributed by atoms with Crippen molar-refractivity contribution in [3.63, 3.8) is 0 Å². The lowest BCUT2D eigenvalue weighted by molar-refractivity contribution is -0.127. The van der Waals surface area contributed by atoms with Crippen LogP contribution in [0.4, 0.5) is 0 Å². The molecule has 0 spiro atoms. The number of nitrogens with one attached hydrogen (secondary N) is 1. The van der Waals surface area contributed by atoms with Gasteiger partial charge in [0.25, 0.3) is 0 Å². The van der Waals surface area contributed by atoms with Gasteiger partial charge in [-0.05, 0) is 36.4 Å². The molecule has 8 nitrogen and oxygen atoms in total. The number of amides is 1. The summed E-state index contributed by atoms with van der Waals surface area (Å²) in [5.41, 5.74) is 4.01. The fourth-order valence-corrected chi connectivity index (χ4v) is 5.20. The van der Waals surface area contributed by atoms with Crippen LogP contribution in [0.1, 0.15) is 47.7 Å². The van der Waals surface area contributed by atoms with Crippen LogP contribution in [0.2, 0.25) is 5.02 Å². The van der Waals surface area contributed by atoms with Crippen LogP contribution in [0.25, 0.3) is 5.00 Å². The van der Waals surface area contributed by atoms with Crippen molar-refractivity contribution in [3.8, 4) is 5.00 Å². The molecule has 0 aliphatic carbocycles. The van der Waals surface area contributed by atoms with Crippen LogP contribution in [-0.2, 0) is 20.7 Å². The van der Waals surface area contributed by atoms with E-state index in [0.717, 1.165) is 34.1 Å². The van der Waals surface area contributed by atoms with Gasteiger partial charge in [0.05, 0.1) is 18.7 Å². The van der Waals surface area contributed by atoms with Gasteiger partial charge >= 0.3 is 0 Å². The van der Waals surface area contributed by atoms with Crippen molar-refractivity contribution in [3.05, 3.63) is 63.0 Å². The SMILES string of the molecule is CCc1csc2c1C(c1ccc(Cl)cc1)=N[C@@H](CC(=O)NCC(OC)OC)c1nnc(C)n1-2. The van der Waals surface area contributed by atoms with E-state index in [2.05, 4.69) is 27.8 Å². The molecular weight excluding hydrogens is 462 g/mol. The highest BCUT2D eigenvalue weighted by molar-refractivity contribution is 7.13. The highest BCUT2D eigenvalue weighted by Crippen LogP contribution is 2.37. The van der Waals surface area contributed by atoms with Crippen LogP contribution >= 0.6 is 22.9 Å². The first-order valence-electron chi connectivity index (χ1n) is 10.7. The molecule has 4 rings (SSSR count). The van der Waals surface area contributed by atoms with E-state index in [9.17, 15) is 4.79 Å². The molecular formula is C23H26ClN5O3S. The number of fused-ring (bicyclic) bond motifs is 3. The van der Waals surface area contributed by atoms with Gasteiger partial charge in [-0.25, -0.2) is 0 Å². The first kappa shape index (κ1) is 23.6. The first-order chi connectivity index (χ1) is 16.0. The fraction of sp³-hybridized carbons (Fsp3) is 0.391. The minimum absolute atomic E-state index is 0.117. The number of aromatic nitrogens is 3.